The van der Waals surface area contributed by atoms with Gasteiger partial charge in [0.05, 0.1) is 16.1 Å². The number of amides is 2. The summed E-state index contributed by atoms with van der Waals surface area (Å²) in [5.41, 5.74) is -1.33. The molecule has 1 N–H and O–H groups in total. The first-order valence-corrected chi connectivity index (χ1v) is 11.8. The van der Waals surface area contributed by atoms with E-state index in [1.54, 1.807) is 6.92 Å². The van der Waals surface area contributed by atoms with E-state index >= 15 is 0 Å². The minimum atomic E-state index is -4.65. The Kier molecular flexibility index (Phi) is 7.43. The maximum atomic E-state index is 13.2. The molecule has 7 nitrogen and oxygen atoms in total. The van der Waals surface area contributed by atoms with Gasteiger partial charge in [-0.05, 0) is 50.1 Å². The molecule has 1 aliphatic heterocycles. The summed E-state index contributed by atoms with van der Waals surface area (Å²) in [5.74, 6) is -1.40. The molecule has 0 radical (unpaired) electrons. The van der Waals surface area contributed by atoms with Gasteiger partial charge in [-0.3, -0.25) is 9.59 Å². The molecule has 1 aliphatic rings. The number of nitrogens with zero attached hydrogens (tertiary/aromatic N) is 2. The third-order valence-electron chi connectivity index (χ3n) is 5.29. The number of halogens is 3. The number of benzene rings is 2. The smallest absolute Gasteiger partial charge is 0.330 e. The van der Waals surface area contributed by atoms with Crippen molar-refractivity contribution in [2.45, 2.75) is 30.8 Å². The van der Waals surface area contributed by atoms with Crippen LogP contribution in [0.3, 0.4) is 0 Å². The number of anilines is 1. The maximum Gasteiger partial charge on any atom is 0.418 e. The molecule has 0 aliphatic carbocycles. The van der Waals surface area contributed by atoms with Crippen LogP contribution in [0.5, 0.6) is 0 Å². The van der Waals surface area contributed by atoms with Crippen molar-refractivity contribution < 1.29 is 31.2 Å². The zero-order valence-electron chi connectivity index (χ0n) is 17.9. The summed E-state index contributed by atoms with van der Waals surface area (Å²) < 4.78 is 66.4. The molecule has 11 heteroatoms. The molecule has 3 rings (SSSR count). The summed E-state index contributed by atoms with van der Waals surface area (Å²) >= 11 is 0. The second-order valence-corrected chi connectivity index (χ2v) is 9.49. The van der Waals surface area contributed by atoms with Crippen molar-refractivity contribution in [2.24, 2.45) is 0 Å². The largest absolute Gasteiger partial charge is 0.418 e. The van der Waals surface area contributed by atoms with Gasteiger partial charge in [-0.1, -0.05) is 18.2 Å². The Labute approximate surface area is 190 Å². The van der Waals surface area contributed by atoms with E-state index in [0.717, 1.165) is 29.9 Å². The highest BCUT2D eigenvalue weighted by Gasteiger charge is 2.34. The van der Waals surface area contributed by atoms with Gasteiger partial charge in [-0.25, -0.2) is 8.42 Å². The number of hydrogen-bond acceptors (Lipinski definition) is 4. The third kappa shape index (κ3) is 5.72. The molecule has 0 saturated carbocycles. The van der Waals surface area contributed by atoms with Crippen LogP contribution in [0.15, 0.2) is 53.4 Å². The number of hydrogen-bond donors (Lipinski definition) is 1. The summed E-state index contributed by atoms with van der Waals surface area (Å²) in [6.45, 7) is 2.04. The normalized spacial score (nSPS) is 14.8. The summed E-state index contributed by atoms with van der Waals surface area (Å²) in [6.07, 6.45) is -3.10. The third-order valence-corrected chi connectivity index (χ3v) is 7.19. The van der Waals surface area contributed by atoms with E-state index in [1.165, 1.54) is 40.7 Å². The quantitative estimate of drug-likeness (QED) is 0.652. The zero-order valence-corrected chi connectivity index (χ0v) is 18.7. The van der Waals surface area contributed by atoms with Crippen LogP contribution in [-0.4, -0.2) is 55.6 Å². The minimum absolute atomic E-state index is 0.0186. The summed E-state index contributed by atoms with van der Waals surface area (Å²) in [4.78, 5) is 26.5. The summed E-state index contributed by atoms with van der Waals surface area (Å²) in [7, 11) is -3.73. The Balaban J connectivity index is 1.75. The molecular formula is C22H24F3N3O4S. The van der Waals surface area contributed by atoms with Crippen LogP contribution in [-0.2, 0) is 21.0 Å². The summed E-state index contributed by atoms with van der Waals surface area (Å²) in [5, 5.41) is 2.21. The highest BCUT2D eigenvalue weighted by molar-refractivity contribution is 7.89. The molecule has 0 unspecified atom stereocenters. The van der Waals surface area contributed by atoms with Crippen LogP contribution in [0, 0.1) is 0 Å². The fourth-order valence-electron chi connectivity index (χ4n) is 3.58. The molecule has 178 valence electrons. The molecule has 1 heterocycles. The van der Waals surface area contributed by atoms with Crippen molar-refractivity contribution >= 4 is 27.5 Å². The first-order valence-electron chi connectivity index (χ1n) is 10.4. The van der Waals surface area contributed by atoms with Crippen LogP contribution in [0.4, 0.5) is 18.9 Å². The predicted molar refractivity (Wildman–Crippen MR) is 116 cm³/mol. The number of likely N-dealkylation sites (N-methyl/N-ethyl adjacent to an activating group) is 1. The second kappa shape index (κ2) is 9.92. The van der Waals surface area contributed by atoms with Crippen molar-refractivity contribution in [1.82, 2.24) is 9.21 Å². The molecule has 2 amide bonds. The lowest BCUT2D eigenvalue weighted by molar-refractivity contribution is -0.137. The highest BCUT2D eigenvalue weighted by Crippen LogP contribution is 2.34. The second-order valence-electron chi connectivity index (χ2n) is 7.55. The van der Waals surface area contributed by atoms with Crippen LogP contribution in [0.25, 0.3) is 0 Å². The highest BCUT2D eigenvalue weighted by atomic mass is 32.2. The van der Waals surface area contributed by atoms with E-state index in [9.17, 15) is 31.2 Å². The van der Waals surface area contributed by atoms with Gasteiger partial charge in [0.25, 0.3) is 5.91 Å². The van der Waals surface area contributed by atoms with E-state index in [1.807, 2.05) is 0 Å². The molecule has 2 aromatic carbocycles. The van der Waals surface area contributed by atoms with E-state index in [-0.39, 0.29) is 17.0 Å². The average Bonchev–Trinajstić information content (AvgIpc) is 3.33. The van der Waals surface area contributed by atoms with Crippen molar-refractivity contribution in [3.8, 4) is 0 Å². The standard InChI is InChI=1S/C22H24F3N3O4S/c1-2-27(15-20(29)26-19-11-4-3-10-18(19)22(23,24)25)21(30)16-8-7-9-17(14-16)33(31,32)28-12-5-6-13-28/h3-4,7-11,14H,2,5-6,12-13,15H2,1H3,(H,26,29). The van der Waals surface area contributed by atoms with Crippen molar-refractivity contribution in [3.05, 3.63) is 59.7 Å². The van der Waals surface area contributed by atoms with Gasteiger partial charge in [-0.15, -0.1) is 0 Å². The molecule has 0 spiro atoms. The van der Waals surface area contributed by atoms with Crippen molar-refractivity contribution in [2.75, 3.05) is 31.5 Å². The van der Waals surface area contributed by atoms with Gasteiger partial charge < -0.3 is 10.2 Å². The van der Waals surface area contributed by atoms with Gasteiger partial charge >= 0.3 is 6.18 Å². The van der Waals surface area contributed by atoms with E-state index in [4.69, 9.17) is 0 Å². The van der Waals surface area contributed by atoms with Gasteiger partial charge in [-0.2, -0.15) is 17.5 Å². The lowest BCUT2D eigenvalue weighted by atomic mass is 10.1. The van der Waals surface area contributed by atoms with Gasteiger partial charge in [0, 0.05) is 25.2 Å². The topological polar surface area (TPSA) is 86.8 Å². The first kappa shape index (κ1) is 24.7. The first-order chi connectivity index (χ1) is 15.5. The van der Waals surface area contributed by atoms with Crippen molar-refractivity contribution in [3.63, 3.8) is 0 Å². The maximum absolute atomic E-state index is 13.2. The fourth-order valence-corrected chi connectivity index (χ4v) is 5.14. The number of carbonyl (C=O) groups excluding carboxylic acids is 2. The Hall–Kier alpha value is -2.92. The molecular weight excluding hydrogens is 459 g/mol. The molecule has 1 saturated heterocycles. The Bertz CT molecular complexity index is 1130. The van der Waals surface area contributed by atoms with Gasteiger partial charge in [0.15, 0.2) is 0 Å². The van der Waals surface area contributed by atoms with E-state index < -0.39 is 45.8 Å². The van der Waals surface area contributed by atoms with Crippen LogP contribution in [0.1, 0.15) is 35.7 Å². The monoisotopic (exact) mass is 483 g/mol. The molecule has 0 bridgehead atoms. The van der Waals surface area contributed by atoms with Crippen molar-refractivity contribution in [1.29, 1.82) is 0 Å². The molecule has 2 aromatic rings. The van der Waals surface area contributed by atoms with Gasteiger partial charge in [0.2, 0.25) is 15.9 Å². The number of carbonyl (C=O) groups is 2. The zero-order chi connectivity index (χ0) is 24.2. The van der Waals surface area contributed by atoms with Crippen LogP contribution < -0.4 is 5.32 Å². The lowest BCUT2D eigenvalue weighted by Crippen LogP contribution is -2.38. The lowest BCUT2D eigenvalue weighted by Gasteiger charge is -2.22. The fraction of sp³-hybridized carbons (Fsp3) is 0.364. The number of rotatable bonds is 7. The number of para-hydroxylation sites is 1. The van der Waals surface area contributed by atoms with Gasteiger partial charge in [0.1, 0.15) is 6.54 Å². The molecule has 33 heavy (non-hydrogen) atoms. The predicted octanol–water partition coefficient (Wildman–Crippen LogP) is 3.59. The minimum Gasteiger partial charge on any atom is -0.330 e. The molecule has 1 fully saturated rings. The number of alkyl halides is 3. The van der Waals surface area contributed by atoms with E-state index in [2.05, 4.69) is 5.32 Å². The molecule has 0 aromatic heterocycles. The van der Waals surface area contributed by atoms with Crippen LogP contribution >= 0.6 is 0 Å². The molecule has 0 atom stereocenters. The van der Waals surface area contributed by atoms with E-state index in [0.29, 0.717) is 13.1 Å². The Morgan fingerprint density at radius 3 is 2.36 bits per heavy atom. The van der Waals surface area contributed by atoms with Crippen LogP contribution in [0.2, 0.25) is 0 Å². The Morgan fingerprint density at radius 2 is 1.73 bits per heavy atom. The Morgan fingerprint density at radius 1 is 1.06 bits per heavy atom. The average molecular weight is 484 g/mol. The number of sulfonamides is 1. The SMILES string of the molecule is CCN(CC(=O)Nc1ccccc1C(F)(F)F)C(=O)c1cccc(S(=O)(=O)N2CCCC2)c1. The summed E-state index contributed by atoms with van der Waals surface area (Å²) in [6, 6.07) is 10.1. The number of nitrogens with one attached hydrogen (secondary N) is 1.